The Morgan fingerprint density at radius 2 is 2.06 bits per heavy atom. The highest BCUT2D eigenvalue weighted by molar-refractivity contribution is 5.89. The molecule has 0 bridgehead atoms. The van der Waals surface area contributed by atoms with E-state index in [4.69, 9.17) is 19.5 Å². The third-order valence-electron chi connectivity index (χ3n) is 5.48. The van der Waals surface area contributed by atoms with E-state index in [9.17, 15) is 13.6 Å². The van der Waals surface area contributed by atoms with E-state index in [2.05, 4.69) is 0 Å². The van der Waals surface area contributed by atoms with Crippen molar-refractivity contribution >= 4 is 5.91 Å². The molecule has 2 aromatic rings. The van der Waals surface area contributed by atoms with Crippen molar-refractivity contribution in [1.82, 2.24) is 4.90 Å². The predicted octanol–water partition coefficient (Wildman–Crippen LogP) is 3.75. The van der Waals surface area contributed by atoms with Crippen molar-refractivity contribution < 1.29 is 27.8 Å². The molecule has 0 saturated carbocycles. The van der Waals surface area contributed by atoms with Gasteiger partial charge in [0.2, 0.25) is 6.10 Å². The summed E-state index contributed by atoms with van der Waals surface area (Å²) in [6, 6.07) is 8.99. The minimum absolute atomic E-state index is 0.0502. The first-order valence-corrected chi connectivity index (χ1v) is 10.2. The number of ether oxygens (including phenoxy) is 3. The van der Waals surface area contributed by atoms with Crippen molar-refractivity contribution in [2.75, 3.05) is 19.8 Å². The summed E-state index contributed by atoms with van der Waals surface area (Å²) in [5.74, 6) is -0.978. The quantitative estimate of drug-likeness (QED) is 0.629. The van der Waals surface area contributed by atoms with Gasteiger partial charge in [0.1, 0.15) is 17.7 Å². The lowest BCUT2D eigenvalue weighted by Crippen LogP contribution is -2.62. The van der Waals surface area contributed by atoms with Gasteiger partial charge in [-0.2, -0.15) is 5.26 Å². The van der Waals surface area contributed by atoms with Crippen LogP contribution in [0.4, 0.5) is 8.78 Å². The number of hydrogen-bond donors (Lipinski definition) is 0. The van der Waals surface area contributed by atoms with Crippen LogP contribution in [-0.2, 0) is 9.53 Å². The van der Waals surface area contributed by atoms with Crippen LogP contribution in [0.1, 0.15) is 36.9 Å². The van der Waals surface area contributed by atoms with Crippen LogP contribution in [0.5, 0.6) is 11.5 Å². The first kappa shape index (κ1) is 21.1. The Morgan fingerprint density at radius 1 is 1.23 bits per heavy atom. The van der Waals surface area contributed by atoms with Gasteiger partial charge in [0.25, 0.3) is 5.91 Å². The van der Waals surface area contributed by atoms with Crippen LogP contribution in [0.3, 0.4) is 0 Å². The number of carbonyl (C=O) groups is 1. The molecule has 8 heteroatoms. The van der Waals surface area contributed by atoms with E-state index in [1.807, 2.05) is 6.07 Å². The molecule has 1 amide bonds. The maximum Gasteiger partial charge on any atom is 0.266 e. The van der Waals surface area contributed by atoms with Crippen molar-refractivity contribution in [3.63, 3.8) is 0 Å². The number of rotatable bonds is 7. The van der Waals surface area contributed by atoms with Gasteiger partial charge >= 0.3 is 0 Å². The minimum atomic E-state index is -1.05. The molecule has 0 aliphatic carbocycles. The number of halogens is 2. The molecule has 0 N–H and O–H groups in total. The molecule has 2 aliphatic rings. The van der Waals surface area contributed by atoms with Crippen molar-refractivity contribution in [2.24, 2.45) is 0 Å². The van der Waals surface area contributed by atoms with Crippen LogP contribution < -0.4 is 9.47 Å². The summed E-state index contributed by atoms with van der Waals surface area (Å²) in [6.45, 7) is 3.02. The third-order valence-corrected chi connectivity index (χ3v) is 5.48. The van der Waals surface area contributed by atoms with Crippen molar-refractivity contribution in [2.45, 2.75) is 38.0 Å². The Hall–Kier alpha value is -3.18. The molecule has 162 valence electrons. The minimum Gasteiger partial charge on any atom is -0.490 e. The molecule has 0 aromatic heterocycles. The van der Waals surface area contributed by atoms with E-state index < -0.39 is 23.8 Å². The van der Waals surface area contributed by atoms with Gasteiger partial charge < -0.3 is 19.1 Å². The first-order valence-electron chi connectivity index (χ1n) is 10.2. The molecule has 2 aliphatic heterocycles. The van der Waals surface area contributed by atoms with Crippen molar-refractivity contribution in [3.8, 4) is 17.6 Å². The lowest BCUT2D eigenvalue weighted by molar-refractivity contribution is -0.167. The Labute approximate surface area is 178 Å². The van der Waals surface area contributed by atoms with Crippen molar-refractivity contribution in [1.29, 1.82) is 5.26 Å². The van der Waals surface area contributed by atoms with Gasteiger partial charge in [-0.1, -0.05) is 0 Å². The molecule has 4 rings (SSSR count). The molecule has 2 saturated heterocycles. The first-order chi connectivity index (χ1) is 15.0. The van der Waals surface area contributed by atoms with E-state index >= 15 is 0 Å². The number of β-lactam (4-membered cyclic amide) rings is 1. The Balaban J connectivity index is 1.65. The van der Waals surface area contributed by atoms with Gasteiger partial charge in [-0.15, -0.1) is 0 Å². The number of nitriles is 1. The molecule has 3 atom stereocenters. The number of hydrogen-bond acceptors (Lipinski definition) is 5. The highest BCUT2D eigenvalue weighted by atomic mass is 19.1. The smallest absolute Gasteiger partial charge is 0.266 e. The van der Waals surface area contributed by atoms with Crippen LogP contribution in [-0.4, -0.2) is 42.8 Å². The fourth-order valence-corrected chi connectivity index (χ4v) is 4.00. The normalized spacial score (nSPS) is 22.7. The molecule has 2 heterocycles. The Bertz CT molecular complexity index is 1020. The van der Waals surface area contributed by atoms with Crippen LogP contribution in [0.15, 0.2) is 36.4 Å². The molecule has 6 nitrogen and oxygen atoms in total. The summed E-state index contributed by atoms with van der Waals surface area (Å²) >= 11 is 0. The number of likely N-dealkylation sites (tertiary alicyclic amines) is 1. The maximum atomic E-state index is 14.6. The zero-order valence-corrected chi connectivity index (χ0v) is 17.0. The fraction of sp³-hybridized carbons (Fsp3) is 0.391. The summed E-state index contributed by atoms with van der Waals surface area (Å²) in [4.78, 5) is 14.4. The zero-order valence-electron chi connectivity index (χ0n) is 17.0. The largest absolute Gasteiger partial charge is 0.490 e. The maximum absolute atomic E-state index is 14.6. The zero-order chi connectivity index (χ0) is 22.0. The second kappa shape index (κ2) is 8.90. The lowest BCUT2D eigenvalue weighted by Gasteiger charge is -2.47. The molecular weight excluding hydrogens is 406 g/mol. The average molecular weight is 428 g/mol. The summed E-state index contributed by atoms with van der Waals surface area (Å²) in [6.07, 6.45) is 0.509. The topological polar surface area (TPSA) is 71.8 Å². The standard InChI is InChI=1S/C23H22F2N2O4/c1-2-29-20-10-14(12-26)5-8-19(20)31-22-21(17-11-15(24)6-7-18(17)25)27(23(22)28)13-16-4-3-9-30-16/h5-8,10-11,16,21-22H,2-4,9,13H2,1H3/t16-,21-,22-/m0/s1. The van der Waals surface area contributed by atoms with Gasteiger partial charge in [-0.05, 0) is 50.1 Å². The van der Waals surface area contributed by atoms with E-state index in [1.54, 1.807) is 19.1 Å². The van der Waals surface area contributed by atoms with E-state index in [0.29, 0.717) is 24.5 Å². The van der Waals surface area contributed by atoms with E-state index in [0.717, 1.165) is 31.0 Å². The summed E-state index contributed by atoms with van der Waals surface area (Å²) in [5, 5.41) is 9.12. The number of nitrogens with zero attached hydrogens (tertiary/aromatic N) is 2. The van der Waals surface area contributed by atoms with Gasteiger partial charge in [0.15, 0.2) is 11.5 Å². The number of amides is 1. The van der Waals surface area contributed by atoms with E-state index in [-0.39, 0.29) is 29.9 Å². The highest BCUT2D eigenvalue weighted by Crippen LogP contribution is 2.41. The van der Waals surface area contributed by atoms with Gasteiger partial charge in [0, 0.05) is 24.8 Å². The van der Waals surface area contributed by atoms with Gasteiger partial charge in [0.05, 0.1) is 24.3 Å². The SMILES string of the molecule is CCOc1cc(C#N)ccc1O[C@@H]1C(=O)N(C[C@@H]2CCCO2)[C@H]1c1cc(F)ccc1F. The Morgan fingerprint density at radius 3 is 2.77 bits per heavy atom. The average Bonchev–Trinajstić information content (AvgIpc) is 3.29. The number of carbonyl (C=O) groups excluding carboxylic acids is 1. The summed E-state index contributed by atoms with van der Waals surface area (Å²) in [5.41, 5.74) is 0.428. The number of benzene rings is 2. The lowest BCUT2D eigenvalue weighted by atomic mass is 9.89. The van der Waals surface area contributed by atoms with Gasteiger partial charge in [-0.3, -0.25) is 4.79 Å². The molecule has 0 unspecified atom stereocenters. The van der Waals surface area contributed by atoms with Crippen LogP contribution in [0.2, 0.25) is 0 Å². The van der Waals surface area contributed by atoms with Crippen LogP contribution in [0.25, 0.3) is 0 Å². The summed E-state index contributed by atoms with van der Waals surface area (Å²) in [7, 11) is 0. The fourth-order valence-electron chi connectivity index (χ4n) is 4.00. The van der Waals surface area contributed by atoms with Crippen molar-refractivity contribution in [3.05, 3.63) is 59.2 Å². The van der Waals surface area contributed by atoms with Crippen LogP contribution in [0, 0.1) is 23.0 Å². The van der Waals surface area contributed by atoms with Gasteiger partial charge in [-0.25, -0.2) is 8.78 Å². The molecule has 0 radical (unpaired) electrons. The molecule has 2 aromatic carbocycles. The monoisotopic (exact) mass is 428 g/mol. The predicted molar refractivity (Wildman–Crippen MR) is 107 cm³/mol. The Kier molecular flexibility index (Phi) is 6.05. The molecule has 31 heavy (non-hydrogen) atoms. The molecular formula is C23H22F2N2O4. The van der Waals surface area contributed by atoms with Crippen LogP contribution >= 0.6 is 0 Å². The molecule has 2 fully saturated rings. The third kappa shape index (κ3) is 4.19. The van der Waals surface area contributed by atoms with E-state index in [1.165, 1.54) is 11.0 Å². The second-order valence-electron chi connectivity index (χ2n) is 7.48. The second-order valence-corrected chi connectivity index (χ2v) is 7.48. The highest BCUT2D eigenvalue weighted by Gasteiger charge is 2.52. The molecule has 0 spiro atoms. The summed E-state index contributed by atoms with van der Waals surface area (Å²) < 4.78 is 45.6.